The summed E-state index contributed by atoms with van der Waals surface area (Å²) in [6.07, 6.45) is 0. The van der Waals surface area contributed by atoms with Crippen molar-refractivity contribution in [1.82, 2.24) is 0 Å². The van der Waals surface area contributed by atoms with Gasteiger partial charge in [-0.05, 0) is 29.3 Å². The molecule has 4 rings (SSSR count). The molecule has 0 bridgehead atoms. The molecule has 0 radical (unpaired) electrons. The van der Waals surface area contributed by atoms with Gasteiger partial charge in [0.25, 0.3) is 0 Å². The van der Waals surface area contributed by atoms with E-state index in [-0.39, 0.29) is 0 Å². The molecule has 4 aromatic rings. The summed E-state index contributed by atoms with van der Waals surface area (Å²) < 4.78 is 14.5. The molecule has 0 heterocycles. The fourth-order valence-corrected chi connectivity index (χ4v) is 6.27. The number of hydrogen-bond donors (Lipinski definition) is 0. The SMILES string of the molecule is Cc1ccc(P(=O)(c2ccccc2)c2ccccc2)c2ccccc12. The zero-order chi connectivity index (χ0) is 17.3. The summed E-state index contributed by atoms with van der Waals surface area (Å²) >= 11 is 0. The topological polar surface area (TPSA) is 17.1 Å². The lowest BCUT2D eigenvalue weighted by atomic mass is 10.1. The third-order valence-electron chi connectivity index (χ3n) is 4.70. The van der Waals surface area contributed by atoms with Gasteiger partial charge < -0.3 is 4.57 Å². The quantitative estimate of drug-likeness (QED) is 0.489. The molecule has 4 aromatic carbocycles. The second-order valence-electron chi connectivity index (χ2n) is 6.23. The molecular weight excluding hydrogens is 323 g/mol. The lowest BCUT2D eigenvalue weighted by Crippen LogP contribution is -2.25. The lowest BCUT2D eigenvalue weighted by Gasteiger charge is -2.22. The molecule has 0 amide bonds. The van der Waals surface area contributed by atoms with E-state index in [1.54, 1.807) is 0 Å². The first-order valence-electron chi connectivity index (χ1n) is 8.41. The zero-order valence-electron chi connectivity index (χ0n) is 14.1. The van der Waals surface area contributed by atoms with Crippen molar-refractivity contribution in [2.45, 2.75) is 6.92 Å². The molecule has 0 saturated heterocycles. The Balaban J connectivity index is 2.11. The van der Waals surface area contributed by atoms with Crippen LogP contribution in [-0.2, 0) is 4.57 Å². The highest BCUT2D eigenvalue weighted by Crippen LogP contribution is 2.44. The van der Waals surface area contributed by atoms with Crippen LogP contribution in [-0.4, -0.2) is 0 Å². The third-order valence-corrected chi connectivity index (χ3v) is 7.82. The van der Waals surface area contributed by atoms with Crippen LogP contribution in [0.15, 0.2) is 97.1 Å². The summed E-state index contributed by atoms with van der Waals surface area (Å²) in [5, 5.41) is 4.88. The summed E-state index contributed by atoms with van der Waals surface area (Å²) in [5.41, 5.74) is 1.20. The summed E-state index contributed by atoms with van der Waals surface area (Å²) in [6, 6.07) is 32.0. The Morgan fingerprint density at radius 2 is 1.04 bits per heavy atom. The molecule has 25 heavy (non-hydrogen) atoms. The van der Waals surface area contributed by atoms with Gasteiger partial charge in [0.15, 0.2) is 7.14 Å². The van der Waals surface area contributed by atoms with Crippen LogP contribution in [0.5, 0.6) is 0 Å². The maximum absolute atomic E-state index is 14.5. The van der Waals surface area contributed by atoms with Crippen molar-refractivity contribution in [3.8, 4) is 0 Å². The number of aryl methyl sites for hydroxylation is 1. The Morgan fingerprint density at radius 1 is 0.560 bits per heavy atom. The van der Waals surface area contributed by atoms with Gasteiger partial charge in [0.2, 0.25) is 0 Å². The van der Waals surface area contributed by atoms with Gasteiger partial charge in [0.1, 0.15) is 0 Å². The van der Waals surface area contributed by atoms with Crippen LogP contribution in [0, 0.1) is 6.92 Å². The van der Waals surface area contributed by atoms with Crippen molar-refractivity contribution in [1.29, 1.82) is 0 Å². The van der Waals surface area contributed by atoms with Gasteiger partial charge in [-0.15, -0.1) is 0 Å². The fraction of sp³-hybridized carbons (Fsp3) is 0.0435. The van der Waals surface area contributed by atoms with Crippen LogP contribution in [0.1, 0.15) is 5.56 Å². The molecule has 122 valence electrons. The van der Waals surface area contributed by atoms with Gasteiger partial charge >= 0.3 is 0 Å². The maximum atomic E-state index is 14.5. The highest BCUT2D eigenvalue weighted by Gasteiger charge is 2.31. The van der Waals surface area contributed by atoms with Gasteiger partial charge in [-0.25, -0.2) is 0 Å². The number of hydrogen-bond acceptors (Lipinski definition) is 1. The molecule has 0 saturated carbocycles. The van der Waals surface area contributed by atoms with E-state index >= 15 is 0 Å². The molecule has 2 heteroatoms. The molecule has 0 aliphatic heterocycles. The number of fused-ring (bicyclic) bond motifs is 1. The predicted molar refractivity (Wildman–Crippen MR) is 108 cm³/mol. The zero-order valence-corrected chi connectivity index (χ0v) is 15.0. The van der Waals surface area contributed by atoms with Gasteiger partial charge in [-0.1, -0.05) is 91.0 Å². The van der Waals surface area contributed by atoms with E-state index in [0.29, 0.717) is 0 Å². The van der Waals surface area contributed by atoms with Crippen molar-refractivity contribution in [3.63, 3.8) is 0 Å². The van der Waals surface area contributed by atoms with Gasteiger partial charge in [0, 0.05) is 15.9 Å². The van der Waals surface area contributed by atoms with Gasteiger partial charge in [0.05, 0.1) is 0 Å². The van der Waals surface area contributed by atoms with Crippen LogP contribution in [0.25, 0.3) is 10.8 Å². The fourth-order valence-electron chi connectivity index (χ4n) is 3.41. The number of rotatable bonds is 3. The molecule has 0 spiro atoms. The highest BCUT2D eigenvalue weighted by molar-refractivity contribution is 7.85. The second kappa shape index (κ2) is 6.35. The van der Waals surface area contributed by atoms with E-state index in [9.17, 15) is 4.57 Å². The molecule has 0 atom stereocenters. The van der Waals surface area contributed by atoms with Crippen LogP contribution < -0.4 is 15.9 Å². The monoisotopic (exact) mass is 342 g/mol. The Labute approximate surface area is 148 Å². The van der Waals surface area contributed by atoms with E-state index in [0.717, 1.165) is 26.7 Å². The first kappa shape index (κ1) is 15.9. The Bertz CT molecular complexity index is 1030. The van der Waals surface area contributed by atoms with E-state index in [2.05, 4.69) is 25.1 Å². The van der Waals surface area contributed by atoms with Crippen LogP contribution in [0.2, 0.25) is 0 Å². The molecule has 0 aliphatic rings. The average molecular weight is 342 g/mol. The first-order chi connectivity index (χ1) is 12.2. The molecule has 0 fully saturated rings. The van der Waals surface area contributed by atoms with E-state index in [1.807, 2.05) is 78.9 Å². The number of benzene rings is 4. The van der Waals surface area contributed by atoms with E-state index in [4.69, 9.17) is 0 Å². The van der Waals surface area contributed by atoms with Crippen molar-refractivity contribution < 1.29 is 4.57 Å². The standard InChI is InChI=1S/C23H19OP/c1-18-16-17-23(22-15-9-8-14-21(18)22)25(24,19-10-4-2-5-11-19)20-12-6-3-7-13-20/h2-17H,1H3. The average Bonchev–Trinajstić information content (AvgIpc) is 2.69. The minimum absolute atomic E-state index is 0.871. The minimum atomic E-state index is -2.94. The van der Waals surface area contributed by atoms with Crippen LogP contribution >= 0.6 is 7.14 Å². The summed E-state index contributed by atoms with van der Waals surface area (Å²) in [5.74, 6) is 0. The molecule has 1 nitrogen and oxygen atoms in total. The van der Waals surface area contributed by atoms with Crippen LogP contribution in [0.3, 0.4) is 0 Å². The molecule has 0 N–H and O–H groups in total. The van der Waals surface area contributed by atoms with Gasteiger partial charge in [-0.3, -0.25) is 0 Å². The van der Waals surface area contributed by atoms with E-state index in [1.165, 1.54) is 5.56 Å². The van der Waals surface area contributed by atoms with Gasteiger partial charge in [-0.2, -0.15) is 0 Å². The van der Waals surface area contributed by atoms with Crippen molar-refractivity contribution in [2.24, 2.45) is 0 Å². The first-order valence-corrected chi connectivity index (χ1v) is 10.1. The maximum Gasteiger partial charge on any atom is 0.171 e. The van der Waals surface area contributed by atoms with Crippen molar-refractivity contribution in [2.75, 3.05) is 0 Å². The minimum Gasteiger partial charge on any atom is -0.309 e. The Morgan fingerprint density at radius 3 is 1.60 bits per heavy atom. The molecule has 0 aromatic heterocycles. The Kier molecular flexibility index (Phi) is 4.03. The molecule has 0 unspecified atom stereocenters. The summed E-state index contributed by atoms with van der Waals surface area (Å²) in [7, 11) is -2.94. The predicted octanol–water partition coefficient (Wildman–Crippen LogP) is 4.79. The summed E-state index contributed by atoms with van der Waals surface area (Å²) in [6.45, 7) is 2.10. The lowest BCUT2D eigenvalue weighted by molar-refractivity contribution is 0.592. The highest BCUT2D eigenvalue weighted by atomic mass is 31.2. The smallest absolute Gasteiger partial charge is 0.171 e. The third kappa shape index (κ3) is 2.62. The molecular formula is C23H19OP. The normalized spacial score (nSPS) is 11.6. The van der Waals surface area contributed by atoms with Crippen molar-refractivity contribution >= 4 is 33.8 Å². The second-order valence-corrected chi connectivity index (χ2v) is 8.96. The van der Waals surface area contributed by atoms with Crippen LogP contribution in [0.4, 0.5) is 0 Å². The van der Waals surface area contributed by atoms with Crippen molar-refractivity contribution in [3.05, 3.63) is 103 Å². The van der Waals surface area contributed by atoms with E-state index < -0.39 is 7.14 Å². The summed E-state index contributed by atoms with van der Waals surface area (Å²) in [4.78, 5) is 0. The Hall–Kier alpha value is -2.63. The molecule has 0 aliphatic carbocycles. The largest absolute Gasteiger partial charge is 0.309 e.